The fraction of sp³-hybridized carbons (Fsp3) is 0.385. The molecule has 3 aromatic rings. The molecule has 1 aliphatic rings. The summed E-state index contributed by atoms with van der Waals surface area (Å²) in [5, 5.41) is 3.04. The number of carbonyl (C=O) groups is 2. The van der Waals surface area contributed by atoms with Gasteiger partial charge in [0.05, 0.1) is 61.4 Å². The summed E-state index contributed by atoms with van der Waals surface area (Å²) in [7, 11) is 1.53. The van der Waals surface area contributed by atoms with E-state index in [0.717, 1.165) is 11.3 Å². The zero-order valence-electron chi connectivity index (χ0n) is 19.8. The van der Waals surface area contributed by atoms with Gasteiger partial charge in [0.25, 0.3) is 5.91 Å². The van der Waals surface area contributed by atoms with Crippen molar-refractivity contribution in [3.05, 3.63) is 77.0 Å². The molecule has 0 radical (unpaired) electrons. The van der Waals surface area contributed by atoms with E-state index in [1.807, 2.05) is 48.7 Å². The lowest BCUT2D eigenvalue weighted by atomic mass is 9.95. The van der Waals surface area contributed by atoms with Gasteiger partial charge in [0.2, 0.25) is 5.88 Å². The summed E-state index contributed by atoms with van der Waals surface area (Å²) in [5.74, 6) is 0.257. The number of amides is 1. The minimum absolute atomic E-state index is 0.0200. The number of carbonyl (C=O) groups excluding carboxylic acids is 2. The van der Waals surface area contributed by atoms with Crippen LogP contribution in [0.3, 0.4) is 0 Å². The van der Waals surface area contributed by atoms with E-state index < -0.39 is 0 Å². The Kier molecular flexibility index (Phi) is 7.37. The number of hydrogen-bond donors (Lipinski definition) is 1. The van der Waals surface area contributed by atoms with E-state index in [0.29, 0.717) is 55.4 Å². The van der Waals surface area contributed by atoms with Gasteiger partial charge >= 0.3 is 0 Å². The highest BCUT2D eigenvalue weighted by atomic mass is 16.5. The third-order valence-corrected chi connectivity index (χ3v) is 6.22. The molecule has 0 bridgehead atoms. The number of rotatable bonds is 9. The number of benzene rings is 1. The zero-order valence-corrected chi connectivity index (χ0v) is 19.8. The van der Waals surface area contributed by atoms with Crippen LogP contribution in [0.5, 0.6) is 5.88 Å². The smallest absolute Gasteiger partial charge is 0.253 e. The number of Topliss-reactive ketones (excluding diaryl/α,β-unsaturated/α-hetero) is 1. The van der Waals surface area contributed by atoms with Crippen LogP contribution in [-0.4, -0.2) is 39.9 Å². The molecule has 1 aliphatic heterocycles. The maximum absolute atomic E-state index is 13.3. The first-order chi connectivity index (χ1) is 16.5. The van der Waals surface area contributed by atoms with Crippen molar-refractivity contribution in [2.75, 3.05) is 13.7 Å². The molecule has 0 fully saturated rings. The molecule has 0 saturated heterocycles. The van der Waals surface area contributed by atoms with Gasteiger partial charge in [-0.1, -0.05) is 44.2 Å². The van der Waals surface area contributed by atoms with Crippen LogP contribution in [0.15, 0.2) is 48.8 Å². The number of aromatic nitrogens is 3. The molecule has 2 aromatic heterocycles. The molecule has 4 rings (SSSR count). The lowest BCUT2D eigenvalue weighted by Gasteiger charge is -2.20. The van der Waals surface area contributed by atoms with E-state index in [1.165, 1.54) is 13.3 Å². The van der Waals surface area contributed by atoms with Crippen molar-refractivity contribution < 1.29 is 19.1 Å². The minimum Gasteiger partial charge on any atom is -0.480 e. The van der Waals surface area contributed by atoms with E-state index in [2.05, 4.69) is 15.3 Å². The zero-order chi connectivity index (χ0) is 24.1. The maximum atomic E-state index is 13.3. The quantitative estimate of drug-likeness (QED) is 0.482. The first kappa shape index (κ1) is 23.6. The van der Waals surface area contributed by atoms with Gasteiger partial charge in [-0.3, -0.25) is 14.6 Å². The third kappa shape index (κ3) is 5.02. The highest BCUT2D eigenvalue weighted by molar-refractivity contribution is 6.01. The van der Waals surface area contributed by atoms with Gasteiger partial charge in [-0.05, 0) is 24.0 Å². The molecule has 8 nitrogen and oxygen atoms in total. The number of ketones is 1. The third-order valence-electron chi connectivity index (χ3n) is 6.22. The molecule has 2 atom stereocenters. The summed E-state index contributed by atoms with van der Waals surface area (Å²) in [4.78, 5) is 35.1. The van der Waals surface area contributed by atoms with Crippen LogP contribution in [-0.2, 0) is 17.9 Å². The molecule has 8 heteroatoms. The van der Waals surface area contributed by atoms with Crippen molar-refractivity contribution in [3.63, 3.8) is 0 Å². The predicted molar refractivity (Wildman–Crippen MR) is 127 cm³/mol. The lowest BCUT2D eigenvalue weighted by molar-refractivity contribution is 0.0781. The average Bonchev–Trinajstić information content (AvgIpc) is 3.28. The lowest BCUT2D eigenvalue weighted by Crippen LogP contribution is -2.30. The van der Waals surface area contributed by atoms with E-state index in [-0.39, 0.29) is 23.7 Å². The summed E-state index contributed by atoms with van der Waals surface area (Å²) in [6.45, 7) is 5.37. The average molecular weight is 463 g/mol. The van der Waals surface area contributed by atoms with Gasteiger partial charge in [0, 0.05) is 13.0 Å². The van der Waals surface area contributed by atoms with Crippen LogP contribution in [0, 0.1) is 0 Å². The van der Waals surface area contributed by atoms with Crippen LogP contribution >= 0.6 is 0 Å². The van der Waals surface area contributed by atoms with Crippen LogP contribution in [0.2, 0.25) is 0 Å². The van der Waals surface area contributed by atoms with Gasteiger partial charge < -0.3 is 19.4 Å². The van der Waals surface area contributed by atoms with Crippen molar-refractivity contribution in [1.29, 1.82) is 0 Å². The number of ether oxygens (including phenoxy) is 2. The van der Waals surface area contributed by atoms with Crippen molar-refractivity contribution >= 4 is 11.7 Å². The highest BCUT2D eigenvalue weighted by Gasteiger charge is 2.28. The normalized spacial score (nSPS) is 14.7. The molecule has 178 valence electrons. The Bertz CT molecular complexity index is 1140. The fourth-order valence-electron chi connectivity index (χ4n) is 4.27. The summed E-state index contributed by atoms with van der Waals surface area (Å²) < 4.78 is 12.6. The first-order valence-electron chi connectivity index (χ1n) is 11.6. The highest BCUT2D eigenvalue weighted by Crippen LogP contribution is 2.27. The largest absolute Gasteiger partial charge is 0.480 e. The standard InChI is InChI=1S/C26H30N4O4/c1-4-20(21-14-28-25(33-3)15-27-21)29-26(32)19-13-22(30-10-11-34-16-23(19)30)24(31)12-17(2)18-8-6-5-7-9-18/h5-9,13-15,17,20H,4,10-12,16H2,1-3H3,(H,29,32)/t17-,20-/m0/s1. The Hall–Kier alpha value is -3.52. The van der Waals surface area contributed by atoms with Gasteiger partial charge in [0.15, 0.2) is 5.78 Å². The predicted octanol–water partition coefficient (Wildman–Crippen LogP) is 4.07. The second-order valence-electron chi connectivity index (χ2n) is 8.45. The molecule has 1 amide bonds. The van der Waals surface area contributed by atoms with Crippen LogP contribution in [0.4, 0.5) is 0 Å². The minimum atomic E-state index is -0.316. The maximum Gasteiger partial charge on any atom is 0.253 e. The number of hydrogen-bond acceptors (Lipinski definition) is 6. The van der Waals surface area contributed by atoms with Gasteiger partial charge in [-0.15, -0.1) is 0 Å². The Morgan fingerprint density at radius 2 is 2.00 bits per heavy atom. The SMILES string of the molecule is CC[C@H](NC(=O)c1cc(C(=O)C[C@H](C)c2ccccc2)n2c1COCC2)c1cnc(OC)cn1. The van der Waals surface area contributed by atoms with Crippen molar-refractivity contribution in [2.45, 2.75) is 51.8 Å². The Morgan fingerprint density at radius 3 is 2.68 bits per heavy atom. The van der Waals surface area contributed by atoms with Crippen molar-refractivity contribution in [3.8, 4) is 5.88 Å². The molecule has 1 N–H and O–H groups in total. The second kappa shape index (κ2) is 10.6. The van der Waals surface area contributed by atoms with E-state index >= 15 is 0 Å². The van der Waals surface area contributed by atoms with Crippen LogP contribution in [0.1, 0.15) is 76.4 Å². The van der Waals surface area contributed by atoms with E-state index in [9.17, 15) is 9.59 Å². The molecule has 0 saturated carbocycles. The molecular formula is C26H30N4O4. The van der Waals surface area contributed by atoms with Crippen molar-refractivity contribution in [1.82, 2.24) is 19.9 Å². The summed E-state index contributed by atoms with van der Waals surface area (Å²) in [6, 6.07) is 11.4. The monoisotopic (exact) mass is 462 g/mol. The van der Waals surface area contributed by atoms with Crippen molar-refractivity contribution in [2.24, 2.45) is 0 Å². The van der Waals surface area contributed by atoms with Crippen LogP contribution < -0.4 is 10.1 Å². The molecule has 0 aliphatic carbocycles. The number of methoxy groups -OCH3 is 1. The summed E-state index contributed by atoms with van der Waals surface area (Å²) >= 11 is 0. The fourth-order valence-corrected chi connectivity index (χ4v) is 4.27. The topological polar surface area (TPSA) is 95.3 Å². The number of fused-ring (bicyclic) bond motifs is 1. The molecule has 0 spiro atoms. The molecule has 34 heavy (non-hydrogen) atoms. The van der Waals surface area contributed by atoms with Gasteiger partial charge in [-0.2, -0.15) is 0 Å². The Morgan fingerprint density at radius 1 is 1.21 bits per heavy atom. The Labute approximate surface area is 199 Å². The molecular weight excluding hydrogens is 432 g/mol. The number of nitrogens with zero attached hydrogens (tertiary/aromatic N) is 3. The molecule has 1 aromatic carbocycles. The summed E-state index contributed by atoms with van der Waals surface area (Å²) in [6.07, 6.45) is 4.14. The molecule has 3 heterocycles. The van der Waals surface area contributed by atoms with E-state index in [4.69, 9.17) is 9.47 Å². The summed E-state index contributed by atoms with van der Waals surface area (Å²) in [5.41, 5.74) is 3.52. The molecule has 0 unspecified atom stereocenters. The van der Waals surface area contributed by atoms with E-state index in [1.54, 1.807) is 12.3 Å². The van der Waals surface area contributed by atoms with Crippen LogP contribution in [0.25, 0.3) is 0 Å². The van der Waals surface area contributed by atoms with Gasteiger partial charge in [-0.25, -0.2) is 4.98 Å². The van der Waals surface area contributed by atoms with Gasteiger partial charge in [0.1, 0.15) is 0 Å². The first-order valence-corrected chi connectivity index (χ1v) is 11.6. The number of nitrogens with one attached hydrogen (secondary N) is 1. The Balaban J connectivity index is 1.55. The second-order valence-corrected chi connectivity index (χ2v) is 8.45.